The van der Waals surface area contributed by atoms with Gasteiger partial charge in [0.15, 0.2) is 5.78 Å². The number of carbonyl (C=O) groups excluding carboxylic acids is 1. The molecule has 2 aromatic rings. The van der Waals surface area contributed by atoms with E-state index in [-0.39, 0.29) is 5.78 Å². The number of aliphatic carboxylic acids is 1. The molecule has 1 atom stereocenters. The third-order valence-electron chi connectivity index (χ3n) is 5.87. The van der Waals surface area contributed by atoms with Gasteiger partial charge in [-0.3, -0.25) is 9.59 Å². The van der Waals surface area contributed by atoms with Crippen molar-refractivity contribution >= 4 is 11.8 Å². The van der Waals surface area contributed by atoms with Crippen molar-refractivity contribution < 1.29 is 19.4 Å². The average molecular weight is 395 g/mol. The number of ether oxygens (including phenoxy) is 1. The molecule has 0 aliphatic carbocycles. The smallest absolute Gasteiger partial charge is 0.310 e. The molecule has 0 bridgehead atoms. The highest BCUT2D eigenvalue weighted by Crippen LogP contribution is 2.38. The molecule has 29 heavy (non-hydrogen) atoms. The summed E-state index contributed by atoms with van der Waals surface area (Å²) in [7, 11) is 0. The average Bonchev–Trinajstić information content (AvgIpc) is 3.18. The number of fused-ring (bicyclic) bond motifs is 1. The number of rotatable bonds is 9. The lowest BCUT2D eigenvalue weighted by atomic mass is 9.87. The topological polar surface area (TPSA) is 63.6 Å². The lowest BCUT2D eigenvalue weighted by Gasteiger charge is -2.17. The van der Waals surface area contributed by atoms with Gasteiger partial charge < -0.3 is 9.84 Å². The van der Waals surface area contributed by atoms with Crippen LogP contribution in [0.5, 0.6) is 5.75 Å². The SMILES string of the molecule is CCCCCCc1ccc(C(=O)c2c(C)c(C(C)C(=O)O)cc3c2OCC3)cc1. The Balaban J connectivity index is 1.90. The summed E-state index contributed by atoms with van der Waals surface area (Å²) in [5.74, 6) is -1.04. The molecule has 4 heteroatoms. The van der Waals surface area contributed by atoms with Crippen LogP contribution in [-0.2, 0) is 17.6 Å². The van der Waals surface area contributed by atoms with Gasteiger partial charge in [-0.1, -0.05) is 56.5 Å². The molecule has 0 aromatic heterocycles. The Morgan fingerprint density at radius 3 is 2.52 bits per heavy atom. The summed E-state index contributed by atoms with van der Waals surface area (Å²) >= 11 is 0. The summed E-state index contributed by atoms with van der Waals surface area (Å²) in [6.07, 6.45) is 6.60. The first kappa shape index (κ1) is 21.1. The van der Waals surface area contributed by atoms with E-state index in [1.165, 1.54) is 24.8 Å². The minimum atomic E-state index is -0.891. The minimum Gasteiger partial charge on any atom is -0.492 e. The van der Waals surface area contributed by atoms with Crippen LogP contribution in [0.4, 0.5) is 0 Å². The first-order chi connectivity index (χ1) is 13.9. The third-order valence-corrected chi connectivity index (χ3v) is 5.87. The van der Waals surface area contributed by atoms with Gasteiger partial charge in [0.2, 0.25) is 0 Å². The molecule has 2 aromatic carbocycles. The normalized spacial score (nSPS) is 13.6. The van der Waals surface area contributed by atoms with Crippen LogP contribution < -0.4 is 4.74 Å². The lowest BCUT2D eigenvalue weighted by Crippen LogP contribution is -2.14. The maximum Gasteiger partial charge on any atom is 0.310 e. The van der Waals surface area contributed by atoms with Gasteiger partial charge in [0.1, 0.15) is 5.75 Å². The Hall–Kier alpha value is -2.62. The molecule has 0 amide bonds. The summed E-state index contributed by atoms with van der Waals surface area (Å²) in [4.78, 5) is 24.9. The number of hydrogen-bond acceptors (Lipinski definition) is 3. The van der Waals surface area contributed by atoms with Gasteiger partial charge in [0.25, 0.3) is 0 Å². The van der Waals surface area contributed by atoms with E-state index >= 15 is 0 Å². The summed E-state index contributed by atoms with van der Waals surface area (Å²) in [5.41, 5.74) is 4.69. The maximum absolute atomic E-state index is 13.4. The van der Waals surface area contributed by atoms with Gasteiger partial charge in [-0.05, 0) is 48.9 Å². The molecule has 1 N–H and O–H groups in total. The van der Waals surface area contributed by atoms with Crippen molar-refractivity contribution in [1.29, 1.82) is 0 Å². The Bertz CT molecular complexity index is 896. The van der Waals surface area contributed by atoms with Gasteiger partial charge in [-0.25, -0.2) is 0 Å². The van der Waals surface area contributed by atoms with Crippen molar-refractivity contribution in [2.45, 2.75) is 65.2 Å². The number of carboxylic acids is 1. The van der Waals surface area contributed by atoms with E-state index in [0.717, 1.165) is 18.4 Å². The number of carboxylic acid groups (broad SMARTS) is 1. The monoisotopic (exact) mass is 394 g/mol. The van der Waals surface area contributed by atoms with Gasteiger partial charge in [-0.15, -0.1) is 0 Å². The van der Waals surface area contributed by atoms with Crippen LogP contribution >= 0.6 is 0 Å². The second kappa shape index (κ2) is 9.25. The Kier molecular flexibility index (Phi) is 6.73. The van der Waals surface area contributed by atoms with E-state index in [1.54, 1.807) is 6.92 Å². The summed E-state index contributed by atoms with van der Waals surface area (Å²) in [6.45, 7) is 6.21. The number of unbranched alkanes of at least 4 members (excludes halogenated alkanes) is 3. The quantitative estimate of drug-likeness (QED) is 0.452. The van der Waals surface area contributed by atoms with E-state index in [1.807, 2.05) is 37.3 Å². The molecule has 3 rings (SSSR count). The van der Waals surface area contributed by atoms with Crippen LogP contribution in [0.2, 0.25) is 0 Å². The number of aryl methyl sites for hydroxylation is 1. The van der Waals surface area contributed by atoms with E-state index in [0.29, 0.717) is 41.0 Å². The van der Waals surface area contributed by atoms with Crippen molar-refractivity contribution in [2.75, 3.05) is 6.61 Å². The second-order valence-electron chi connectivity index (χ2n) is 7.95. The largest absolute Gasteiger partial charge is 0.492 e. The number of carbonyl (C=O) groups is 2. The van der Waals surface area contributed by atoms with E-state index in [9.17, 15) is 14.7 Å². The summed E-state index contributed by atoms with van der Waals surface area (Å²) in [5, 5.41) is 9.47. The van der Waals surface area contributed by atoms with Crippen LogP contribution in [0.15, 0.2) is 30.3 Å². The number of ketones is 1. The molecule has 4 nitrogen and oxygen atoms in total. The van der Waals surface area contributed by atoms with Crippen molar-refractivity contribution in [3.63, 3.8) is 0 Å². The molecule has 0 saturated heterocycles. The minimum absolute atomic E-state index is 0.0994. The molecular weight excluding hydrogens is 364 g/mol. The van der Waals surface area contributed by atoms with E-state index < -0.39 is 11.9 Å². The highest BCUT2D eigenvalue weighted by atomic mass is 16.5. The second-order valence-corrected chi connectivity index (χ2v) is 7.95. The van der Waals surface area contributed by atoms with Crippen molar-refractivity contribution in [3.8, 4) is 5.75 Å². The van der Waals surface area contributed by atoms with Gasteiger partial charge in [0.05, 0.1) is 18.1 Å². The first-order valence-electron chi connectivity index (χ1n) is 10.6. The fourth-order valence-electron chi connectivity index (χ4n) is 4.03. The standard InChI is InChI=1S/C25H30O4/c1-4-5-6-7-8-18-9-11-19(12-10-18)23(26)22-16(2)21(17(3)25(27)28)15-20-13-14-29-24(20)22/h9-12,15,17H,4-8,13-14H2,1-3H3,(H,27,28). The lowest BCUT2D eigenvalue weighted by molar-refractivity contribution is -0.138. The van der Waals surface area contributed by atoms with Gasteiger partial charge in [-0.2, -0.15) is 0 Å². The maximum atomic E-state index is 13.4. The predicted octanol–water partition coefficient (Wildman–Crippen LogP) is 5.47. The van der Waals surface area contributed by atoms with Crippen LogP contribution in [0, 0.1) is 6.92 Å². The number of hydrogen-bond donors (Lipinski definition) is 1. The van der Waals surface area contributed by atoms with Crippen LogP contribution in [0.25, 0.3) is 0 Å². The van der Waals surface area contributed by atoms with Crippen molar-refractivity contribution in [2.24, 2.45) is 0 Å². The summed E-state index contributed by atoms with van der Waals surface area (Å²) < 4.78 is 5.78. The molecule has 1 aliphatic rings. The van der Waals surface area contributed by atoms with Crippen LogP contribution in [0.1, 0.15) is 83.6 Å². The zero-order valence-electron chi connectivity index (χ0n) is 17.6. The molecule has 0 saturated carbocycles. The molecule has 0 fully saturated rings. The van der Waals surface area contributed by atoms with E-state index in [2.05, 4.69) is 6.92 Å². The fourth-order valence-corrected chi connectivity index (χ4v) is 4.03. The molecule has 0 radical (unpaired) electrons. The summed E-state index contributed by atoms with van der Waals surface area (Å²) in [6, 6.07) is 9.71. The van der Waals surface area contributed by atoms with Crippen molar-refractivity contribution in [3.05, 3.63) is 63.7 Å². The first-order valence-corrected chi connectivity index (χ1v) is 10.6. The molecule has 1 heterocycles. The zero-order valence-corrected chi connectivity index (χ0v) is 17.6. The molecule has 1 aliphatic heterocycles. The van der Waals surface area contributed by atoms with E-state index in [4.69, 9.17) is 4.74 Å². The molecular formula is C25H30O4. The highest BCUT2D eigenvalue weighted by Gasteiger charge is 2.29. The Morgan fingerprint density at radius 2 is 1.86 bits per heavy atom. The molecule has 154 valence electrons. The van der Waals surface area contributed by atoms with Gasteiger partial charge in [0, 0.05) is 12.0 Å². The fraction of sp³-hybridized carbons (Fsp3) is 0.440. The molecule has 0 spiro atoms. The van der Waals surface area contributed by atoms with Crippen molar-refractivity contribution in [1.82, 2.24) is 0 Å². The Morgan fingerprint density at radius 1 is 1.14 bits per heavy atom. The third kappa shape index (κ3) is 4.52. The van der Waals surface area contributed by atoms with Crippen LogP contribution in [0.3, 0.4) is 0 Å². The highest BCUT2D eigenvalue weighted by molar-refractivity contribution is 6.12. The van der Waals surface area contributed by atoms with Gasteiger partial charge >= 0.3 is 5.97 Å². The zero-order chi connectivity index (χ0) is 21.0. The number of benzene rings is 2. The molecule has 1 unspecified atom stereocenters. The Labute approximate surface area is 172 Å². The van der Waals surface area contributed by atoms with Crippen LogP contribution in [-0.4, -0.2) is 23.5 Å². The predicted molar refractivity (Wildman–Crippen MR) is 114 cm³/mol.